The van der Waals surface area contributed by atoms with Gasteiger partial charge in [0.15, 0.2) is 0 Å². The molecule has 1 aliphatic rings. The fraction of sp³-hybridized carbons (Fsp3) is 0.400. The molecule has 1 saturated heterocycles. The fourth-order valence-electron chi connectivity index (χ4n) is 3.22. The molecule has 0 bridgehead atoms. The molecule has 1 fully saturated rings. The molecule has 2 aromatic carbocycles. The zero-order valence-electron chi connectivity index (χ0n) is 14.1. The van der Waals surface area contributed by atoms with E-state index in [4.69, 9.17) is 10.5 Å². The highest BCUT2D eigenvalue weighted by atomic mass is 19.1. The number of likely N-dealkylation sites (N-methyl/N-ethyl adjacent to an activating group) is 1. The van der Waals surface area contributed by atoms with Crippen LogP contribution < -0.4 is 10.5 Å². The molecule has 1 aliphatic heterocycles. The van der Waals surface area contributed by atoms with E-state index < -0.39 is 0 Å². The van der Waals surface area contributed by atoms with Crippen molar-refractivity contribution in [2.24, 2.45) is 5.73 Å². The highest BCUT2D eigenvalue weighted by molar-refractivity contribution is 5.29. The Bertz CT molecular complexity index is 659. The second-order valence-electron chi connectivity index (χ2n) is 6.69. The van der Waals surface area contributed by atoms with E-state index >= 15 is 0 Å². The van der Waals surface area contributed by atoms with Gasteiger partial charge < -0.3 is 15.4 Å². The summed E-state index contributed by atoms with van der Waals surface area (Å²) < 4.78 is 18.8. The summed E-state index contributed by atoms with van der Waals surface area (Å²) >= 11 is 0. The summed E-state index contributed by atoms with van der Waals surface area (Å²) in [6, 6.07) is 15.4. The summed E-state index contributed by atoms with van der Waals surface area (Å²) in [5, 5.41) is 0. The number of halogens is 1. The first kappa shape index (κ1) is 16.9. The molecule has 1 heterocycles. The zero-order chi connectivity index (χ0) is 16.9. The molecule has 0 spiro atoms. The Morgan fingerprint density at radius 3 is 2.75 bits per heavy atom. The Morgan fingerprint density at radius 1 is 1.17 bits per heavy atom. The summed E-state index contributed by atoms with van der Waals surface area (Å²) in [5.41, 5.74) is 8.34. The molecule has 128 valence electrons. The molecule has 4 heteroatoms. The molecular formula is C20H25FN2O. The van der Waals surface area contributed by atoms with Crippen LogP contribution in [0.3, 0.4) is 0 Å². The van der Waals surface area contributed by atoms with Crippen molar-refractivity contribution < 1.29 is 9.13 Å². The maximum atomic E-state index is 12.9. The molecule has 2 aromatic rings. The van der Waals surface area contributed by atoms with Crippen molar-refractivity contribution in [2.75, 3.05) is 13.6 Å². The lowest BCUT2D eigenvalue weighted by molar-refractivity contribution is 0.169. The van der Waals surface area contributed by atoms with Gasteiger partial charge in [-0.1, -0.05) is 24.3 Å². The minimum atomic E-state index is -0.226. The third-order valence-electron chi connectivity index (χ3n) is 4.74. The fourth-order valence-corrected chi connectivity index (χ4v) is 3.22. The second-order valence-corrected chi connectivity index (χ2v) is 6.69. The quantitative estimate of drug-likeness (QED) is 0.914. The monoisotopic (exact) mass is 328 g/mol. The van der Waals surface area contributed by atoms with Crippen molar-refractivity contribution in [1.29, 1.82) is 0 Å². The van der Waals surface area contributed by atoms with E-state index in [1.54, 1.807) is 12.1 Å². The van der Waals surface area contributed by atoms with Crippen LogP contribution in [0.4, 0.5) is 4.39 Å². The number of nitrogens with two attached hydrogens (primary N) is 1. The van der Waals surface area contributed by atoms with Gasteiger partial charge in [-0.2, -0.15) is 0 Å². The van der Waals surface area contributed by atoms with Gasteiger partial charge in [0.25, 0.3) is 0 Å². The van der Waals surface area contributed by atoms with Crippen LogP contribution in [-0.2, 0) is 13.0 Å². The van der Waals surface area contributed by atoms with Gasteiger partial charge in [0.05, 0.1) is 0 Å². The molecule has 24 heavy (non-hydrogen) atoms. The Kier molecular flexibility index (Phi) is 5.48. The standard InChI is InChI=1S/C20H25FN2O/c1-23-10-9-18(22)13-19(23)11-16-3-2-4-20(12-16)24-14-15-5-7-17(21)8-6-15/h2-8,12,18-19H,9-11,13-14,22H2,1H3. The third-order valence-corrected chi connectivity index (χ3v) is 4.74. The first-order valence-electron chi connectivity index (χ1n) is 8.52. The van der Waals surface area contributed by atoms with Crippen LogP contribution in [0.1, 0.15) is 24.0 Å². The summed E-state index contributed by atoms with van der Waals surface area (Å²) in [6.07, 6.45) is 3.10. The van der Waals surface area contributed by atoms with Crippen LogP contribution in [0.15, 0.2) is 48.5 Å². The van der Waals surface area contributed by atoms with Gasteiger partial charge in [0, 0.05) is 12.1 Å². The number of likely N-dealkylation sites (tertiary alicyclic amines) is 1. The van der Waals surface area contributed by atoms with Crippen molar-refractivity contribution >= 4 is 0 Å². The van der Waals surface area contributed by atoms with Crippen molar-refractivity contribution in [3.63, 3.8) is 0 Å². The normalized spacial score (nSPS) is 21.6. The number of nitrogens with zero attached hydrogens (tertiary/aromatic N) is 1. The van der Waals surface area contributed by atoms with Crippen LogP contribution in [0.25, 0.3) is 0 Å². The van der Waals surface area contributed by atoms with Gasteiger partial charge in [-0.15, -0.1) is 0 Å². The van der Waals surface area contributed by atoms with E-state index in [9.17, 15) is 4.39 Å². The predicted molar refractivity (Wildman–Crippen MR) is 94.5 cm³/mol. The number of piperidine rings is 1. The zero-order valence-corrected chi connectivity index (χ0v) is 14.1. The van der Waals surface area contributed by atoms with E-state index in [1.165, 1.54) is 17.7 Å². The number of hydrogen-bond donors (Lipinski definition) is 1. The van der Waals surface area contributed by atoms with E-state index in [-0.39, 0.29) is 5.82 Å². The average molecular weight is 328 g/mol. The largest absolute Gasteiger partial charge is 0.489 e. The van der Waals surface area contributed by atoms with Crippen LogP contribution in [-0.4, -0.2) is 30.6 Å². The lowest BCUT2D eigenvalue weighted by Crippen LogP contribution is -2.45. The Morgan fingerprint density at radius 2 is 1.96 bits per heavy atom. The Labute approximate surface area is 143 Å². The number of benzene rings is 2. The molecule has 0 amide bonds. The van der Waals surface area contributed by atoms with Crippen molar-refractivity contribution in [2.45, 2.75) is 38.0 Å². The van der Waals surface area contributed by atoms with Gasteiger partial charge >= 0.3 is 0 Å². The number of hydrogen-bond acceptors (Lipinski definition) is 3. The Hall–Kier alpha value is -1.91. The van der Waals surface area contributed by atoms with Crippen LogP contribution >= 0.6 is 0 Å². The third kappa shape index (κ3) is 4.56. The summed E-state index contributed by atoms with van der Waals surface area (Å²) in [4.78, 5) is 2.40. The lowest BCUT2D eigenvalue weighted by atomic mass is 9.93. The predicted octanol–water partition coefficient (Wildman–Crippen LogP) is 3.37. The first-order chi connectivity index (χ1) is 11.6. The SMILES string of the molecule is CN1CCC(N)CC1Cc1cccc(OCc2ccc(F)cc2)c1. The van der Waals surface area contributed by atoms with Gasteiger partial charge in [-0.25, -0.2) is 4.39 Å². The van der Waals surface area contributed by atoms with Crippen molar-refractivity contribution in [3.05, 3.63) is 65.5 Å². The van der Waals surface area contributed by atoms with E-state index in [2.05, 4.69) is 24.1 Å². The average Bonchev–Trinajstić information content (AvgIpc) is 2.58. The molecule has 3 nitrogen and oxygen atoms in total. The van der Waals surface area contributed by atoms with E-state index in [1.807, 2.05) is 12.1 Å². The molecule has 2 unspecified atom stereocenters. The molecule has 2 atom stereocenters. The van der Waals surface area contributed by atoms with Crippen LogP contribution in [0, 0.1) is 5.82 Å². The molecule has 0 saturated carbocycles. The van der Waals surface area contributed by atoms with E-state index in [0.29, 0.717) is 18.7 Å². The molecule has 0 aliphatic carbocycles. The van der Waals surface area contributed by atoms with E-state index in [0.717, 1.165) is 37.1 Å². The number of rotatable bonds is 5. The number of ether oxygens (including phenoxy) is 1. The van der Waals surface area contributed by atoms with Gasteiger partial charge in [-0.05, 0) is 68.2 Å². The topological polar surface area (TPSA) is 38.5 Å². The summed E-state index contributed by atoms with van der Waals surface area (Å²) in [6.45, 7) is 1.50. The minimum Gasteiger partial charge on any atom is -0.489 e. The highest BCUT2D eigenvalue weighted by Crippen LogP contribution is 2.21. The highest BCUT2D eigenvalue weighted by Gasteiger charge is 2.23. The molecular weight excluding hydrogens is 303 g/mol. The molecule has 0 aromatic heterocycles. The Balaban J connectivity index is 1.60. The van der Waals surface area contributed by atoms with Crippen molar-refractivity contribution in [3.8, 4) is 5.75 Å². The van der Waals surface area contributed by atoms with Crippen LogP contribution in [0.2, 0.25) is 0 Å². The molecule has 2 N–H and O–H groups in total. The van der Waals surface area contributed by atoms with Crippen molar-refractivity contribution in [1.82, 2.24) is 4.90 Å². The molecule has 3 rings (SSSR count). The minimum absolute atomic E-state index is 0.226. The second kappa shape index (κ2) is 7.77. The maximum absolute atomic E-state index is 12.9. The lowest BCUT2D eigenvalue weighted by Gasteiger charge is -2.35. The van der Waals surface area contributed by atoms with Gasteiger partial charge in [-0.3, -0.25) is 0 Å². The van der Waals surface area contributed by atoms with Gasteiger partial charge in [0.1, 0.15) is 18.2 Å². The first-order valence-corrected chi connectivity index (χ1v) is 8.52. The summed E-state index contributed by atoms with van der Waals surface area (Å²) in [5.74, 6) is 0.621. The molecule has 0 radical (unpaired) electrons. The van der Waals surface area contributed by atoms with Gasteiger partial charge in [0.2, 0.25) is 0 Å². The smallest absolute Gasteiger partial charge is 0.123 e. The maximum Gasteiger partial charge on any atom is 0.123 e. The summed E-state index contributed by atoms with van der Waals surface area (Å²) in [7, 11) is 2.17. The van der Waals surface area contributed by atoms with Crippen LogP contribution in [0.5, 0.6) is 5.75 Å².